The van der Waals surface area contributed by atoms with E-state index in [2.05, 4.69) is 28.6 Å². The van der Waals surface area contributed by atoms with Crippen LogP contribution in [0.4, 0.5) is 5.69 Å². The first-order valence-electron chi connectivity index (χ1n) is 3.27. The molecule has 13 heavy (non-hydrogen) atoms. The summed E-state index contributed by atoms with van der Waals surface area (Å²) in [5.41, 5.74) is -0.0873. The minimum absolute atomic E-state index is 0.0873. The first kappa shape index (κ1) is 10.3. The van der Waals surface area contributed by atoms with E-state index in [0.29, 0.717) is 9.37 Å². The smallest absolute Gasteiger partial charge is 0.312 e. The molecule has 0 spiro atoms. The van der Waals surface area contributed by atoms with E-state index < -0.39 is 4.92 Å². The second kappa shape index (κ2) is 3.97. The van der Waals surface area contributed by atoms with Crippen molar-refractivity contribution in [2.75, 3.05) is 7.11 Å². The van der Waals surface area contributed by atoms with Crippen LogP contribution in [-0.4, -0.2) is 12.0 Å². The number of hydrogen-bond donors (Lipinski definition) is 1. The fourth-order valence-corrected chi connectivity index (χ4v) is 1.47. The SMILES string of the molecule is COc1c([N+](=O)[O-])ccc(Br)c1S. The number of rotatable bonds is 2. The van der Waals surface area contributed by atoms with E-state index in [0.717, 1.165) is 0 Å². The molecule has 0 heterocycles. The molecular formula is C7H6BrNO3S. The molecule has 0 saturated carbocycles. The van der Waals surface area contributed by atoms with Gasteiger partial charge in [0.1, 0.15) is 0 Å². The number of methoxy groups -OCH3 is 1. The van der Waals surface area contributed by atoms with Crippen LogP contribution in [0.2, 0.25) is 0 Å². The molecule has 0 atom stereocenters. The van der Waals surface area contributed by atoms with Crippen LogP contribution in [0, 0.1) is 10.1 Å². The molecule has 4 nitrogen and oxygen atoms in total. The Labute approximate surface area is 88.6 Å². The average molecular weight is 264 g/mol. The Morgan fingerprint density at radius 3 is 2.69 bits per heavy atom. The molecule has 0 unspecified atom stereocenters. The summed E-state index contributed by atoms with van der Waals surface area (Å²) in [6, 6.07) is 2.92. The van der Waals surface area contributed by atoms with Crippen molar-refractivity contribution in [3.05, 3.63) is 26.7 Å². The number of nitro benzene ring substituents is 1. The van der Waals surface area contributed by atoms with Crippen LogP contribution in [-0.2, 0) is 0 Å². The topological polar surface area (TPSA) is 52.4 Å². The lowest BCUT2D eigenvalue weighted by Crippen LogP contribution is -1.94. The van der Waals surface area contributed by atoms with Gasteiger partial charge in [0.05, 0.1) is 16.9 Å². The summed E-state index contributed by atoms with van der Waals surface area (Å²) in [5.74, 6) is 0.169. The highest BCUT2D eigenvalue weighted by atomic mass is 79.9. The first-order chi connectivity index (χ1) is 6.07. The van der Waals surface area contributed by atoms with E-state index in [9.17, 15) is 10.1 Å². The van der Waals surface area contributed by atoms with Gasteiger partial charge in [-0.25, -0.2) is 0 Å². The summed E-state index contributed by atoms with van der Waals surface area (Å²) < 4.78 is 5.54. The van der Waals surface area contributed by atoms with E-state index in [1.165, 1.54) is 13.2 Å². The molecule has 6 heteroatoms. The third-order valence-electron chi connectivity index (χ3n) is 1.46. The van der Waals surface area contributed by atoms with Gasteiger partial charge in [-0.2, -0.15) is 0 Å². The van der Waals surface area contributed by atoms with Gasteiger partial charge in [-0.05, 0) is 22.0 Å². The molecule has 1 aromatic carbocycles. The standard InChI is InChI=1S/C7H6BrNO3S/c1-12-6-5(9(10)11)3-2-4(8)7(6)13/h2-3,13H,1H3. The van der Waals surface area contributed by atoms with Crippen molar-refractivity contribution in [1.82, 2.24) is 0 Å². The van der Waals surface area contributed by atoms with Crippen LogP contribution < -0.4 is 4.74 Å². The minimum Gasteiger partial charge on any atom is -0.489 e. The number of nitro groups is 1. The average Bonchev–Trinajstić information content (AvgIpc) is 2.09. The van der Waals surface area contributed by atoms with Crippen LogP contribution in [0.5, 0.6) is 5.75 Å². The van der Waals surface area contributed by atoms with Gasteiger partial charge in [0.2, 0.25) is 5.75 Å². The largest absolute Gasteiger partial charge is 0.489 e. The second-order valence-corrected chi connectivity index (χ2v) is 3.51. The third-order valence-corrected chi connectivity index (χ3v) is 2.87. The maximum absolute atomic E-state index is 10.5. The molecule has 0 aromatic heterocycles. The van der Waals surface area contributed by atoms with Gasteiger partial charge in [-0.3, -0.25) is 10.1 Å². The van der Waals surface area contributed by atoms with Crippen LogP contribution in [0.15, 0.2) is 21.5 Å². The Morgan fingerprint density at radius 1 is 1.62 bits per heavy atom. The molecule has 0 aliphatic rings. The summed E-state index contributed by atoms with van der Waals surface area (Å²) >= 11 is 7.27. The molecule has 0 aliphatic carbocycles. The molecule has 0 bridgehead atoms. The Balaban J connectivity index is 3.38. The Bertz CT molecular complexity index is 356. The zero-order valence-corrected chi connectivity index (χ0v) is 9.13. The van der Waals surface area contributed by atoms with Crippen molar-refractivity contribution in [3.8, 4) is 5.75 Å². The van der Waals surface area contributed by atoms with Gasteiger partial charge in [-0.1, -0.05) is 0 Å². The van der Waals surface area contributed by atoms with E-state index in [-0.39, 0.29) is 11.4 Å². The highest BCUT2D eigenvalue weighted by Crippen LogP contribution is 2.37. The Morgan fingerprint density at radius 2 is 2.23 bits per heavy atom. The van der Waals surface area contributed by atoms with Gasteiger partial charge in [0, 0.05) is 10.5 Å². The Kier molecular flexibility index (Phi) is 3.16. The molecule has 1 rings (SSSR count). The summed E-state index contributed by atoms with van der Waals surface area (Å²) in [5, 5.41) is 10.5. The summed E-state index contributed by atoms with van der Waals surface area (Å²) in [6.45, 7) is 0. The molecule has 0 amide bonds. The Hall–Kier alpha value is -0.750. The molecule has 0 aliphatic heterocycles. The van der Waals surface area contributed by atoms with E-state index in [1.54, 1.807) is 6.07 Å². The number of hydrogen-bond acceptors (Lipinski definition) is 4. The molecular weight excluding hydrogens is 258 g/mol. The molecule has 70 valence electrons. The predicted octanol–water partition coefficient (Wildman–Crippen LogP) is 2.65. The minimum atomic E-state index is -0.509. The van der Waals surface area contributed by atoms with E-state index >= 15 is 0 Å². The number of ether oxygens (including phenoxy) is 1. The number of benzene rings is 1. The van der Waals surface area contributed by atoms with Gasteiger partial charge in [0.15, 0.2) is 0 Å². The monoisotopic (exact) mass is 263 g/mol. The zero-order chi connectivity index (χ0) is 10.0. The molecule has 0 saturated heterocycles. The van der Waals surface area contributed by atoms with Crippen molar-refractivity contribution < 1.29 is 9.66 Å². The van der Waals surface area contributed by atoms with Crippen molar-refractivity contribution in [3.63, 3.8) is 0 Å². The van der Waals surface area contributed by atoms with Crippen LogP contribution in [0.1, 0.15) is 0 Å². The number of nitrogens with zero attached hydrogens (tertiary/aromatic N) is 1. The fourth-order valence-electron chi connectivity index (χ4n) is 0.882. The van der Waals surface area contributed by atoms with Crippen molar-refractivity contribution in [2.45, 2.75) is 4.90 Å². The number of thiol groups is 1. The van der Waals surface area contributed by atoms with Crippen LogP contribution >= 0.6 is 28.6 Å². The van der Waals surface area contributed by atoms with Gasteiger partial charge in [-0.15, -0.1) is 12.6 Å². The zero-order valence-electron chi connectivity index (χ0n) is 6.65. The van der Waals surface area contributed by atoms with Crippen molar-refractivity contribution in [1.29, 1.82) is 0 Å². The number of halogens is 1. The summed E-state index contributed by atoms with van der Waals surface area (Å²) in [4.78, 5) is 10.4. The summed E-state index contributed by atoms with van der Waals surface area (Å²) in [6.07, 6.45) is 0. The van der Waals surface area contributed by atoms with E-state index in [1.807, 2.05) is 0 Å². The molecule has 0 radical (unpaired) electrons. The van der Waals surface area contributed by atoms with Gasteiger partial charge < -0.3 is 4.74 Å². The first-order valence-corrected chi connectivity index (χ1v) is 4.51. The highest BCUT2D eigenvalue weighted by molar-refractivity contribution is 9.10. The van der Waals surface area contributed by atoms with E-state index in [4.69, 9.17) is 4.74 Å². The molecule has 1 aromatic rings. The quantitative estimate of drug-likeness (QED) is 0.507. The lowest BCUT2D eigenvalue weighted by molar-refractivity contribution is -0.386. The second-order valence-electron chi connectivity index (χ2n) is 2.21. The highest BCUT2D eigenvalue weighted by Gasteiger charge is 2.18. The van der Waals surface area contributed by atoms with Gasteiger partial charge >= 0.3 is 5.69 Å². The maximum Gasteiger partial charge on any atom is 0.312 e. The lowest BCUT2D eigenvalue weighted by atomic mass is 10.3. The van der Waals surface area contributed by atoms with Crippen molar-refractivity contribution in [2.24, 2.45) is 0 Å². The fraction of sp³-hybridized carbons (Fsp3) is 0.143. The van der Waals surface area contributed by atoms with Crippen molar-refractivity contribution >= 4 is 34.2 Å². The lowest BCUT2D eigenvalue weighted by Gasteiger charge is -2.05. The third kappa shape index (κ3) is 1.94. The molecule has 0 N–H and O–H groups in total. The predicted molar refractivity (Wildman–Crippen MR) is 54.6 cm³/mol. The van der Waals surface area contributed by atoms with Crippen LogP contribution in [0.3, 0.4) is 0 Å². The normalized spacial score (nSPS) is 9.77. The van der Waals surface area contributed by atoms with Gasteiger partial charge in [0.25, 0.3) is 0 Å². The van der Waals surface area contributed by atoms with Crippen LogP contribution in [0.25, 0.3) is 0 Å². The molecule has 0 fully saturated rings. The maximum atomic E-state index is 10.5. The summed E-state index contributed by atoms with van der Waals surface area (Å²) in [7, 11) is 1.37.